The highest BCUT2D eigenvalue weighted by molar-refractivity contribution is 5.77. The molecule has 1 heterocycles. The van der Waals surface area contributed by atoms with Crippen molar-refractivity contribution in [3.05, 3.63) is 0 Å². The van der Waals surface area contributed by atoms with Gasteiger partial charge in [0.2, 0.25) is 5.91 Å². The summed E-state index contributed by atoms with van der Waals surface area (Å²) in [6.07, 6.45) is 0.438. The summed E-state index contributed by atoms with van der Waals surface area (Å²) in [4.78, 5) is 10.3. The topological polar surface area (TPSA) is 64.6 Å². The number of hydrazine groups is 2. The van der Waals surface area contributed by atoms with Gasteiger partial charge in [-0.05, 0) is 0 Å². The van der Waals surface area contributed by atoms with Crippen LogP contribution in [0.25, 0.3) is 0 Å². The molecule has 0 aromatic heterocycles. The van der Waals surface area contributed by atoms with E-state index in [9.17, 15) is 4.79 Å². The molecular formula is C3H7N3O2. The zero-order valence-electron chi connectivity index (χ0n) is 4.22. The largest absolute Gasteiger partial charge is 0.300 e. The Labute approximate surface area is 46.2 Å². The van der Waals surface area contributed by atoms with Crippen LogP contribution >= 0.6 is 0 Å². The molecule has 1 aliphatic rings. The third kappa shape index (κ3) is 0.945. The number of carbonyl (C=O) groups is 1. The minimum atomic E-state index is -0.0773. The second kappa shape index (κ2) is 2.08. The van der Waals surface area contributed by atoms with E-state index in [1.165, 1.54) is 5.12 Å². The Hall–Kier alpha value is -0.650. The lowest BCUT2D eigenvalue weighted by molar-refractivity contribution is -0.124. The van der Waals surface area contributed by atoms with E-state index in [1.54, 1.807) is 5.59 Å². The molecule has 1 fully saturated rings. The molecule has 1 saturated heterocycles. The second-order valence-corrected chi connectivity index (χ2v) is 1.54. The Morgan fingerprint density at radius 2 is 2.62 bits per heavy atom. The summed E-state index contributed by atoms with van der Waals surface area (Å²) in [6.45, 7) is 0.509. The molecular weight excluding hydrogens is 110 g/mol. The monoisotopic (exact) mass is 117 g/mol. The highest BCUT2D eigenvalue weighted by Crippen LogP contribution is 1.91. The minimum absolute atomic E-state index is 0.0773. The van der Waals surface area contributed by atoms with E-state index in [2.05, 4.69) is 5.43 Å². The van der Waals surface area contributed by atoms with Crippen molar-refractivity contribution in [3.8, 4) is 0 Å². The van der Waals surface area contributed by atoms with Gasteiger partial charge >= 0.3 is 0 Å². The van der Waals surface area contributed by atoms with Gasteiger partial charge in [-0.2, -0.15) is 0 Å². The summed E-state index contributed by atoms with van der Waals surface area (Å²) in [5.74, 6) is -0.0773. The Balaban J connectivity index is 2.32. The van der Waals surface area contributed by atoms with Crippen LogP contribution in [0, 0.1) is 0 Å². The van der Waals surface area contributed by atoms with Crippen LogP contribution in [0.4, 0.5) is 0 Å². The second-order valence-electron chi connectivity index (χ2n) is 1.54. The van der Waals surface area contributed by atoms with Gasteiger partial charge in [0, 0.05) is 13.0 Å². The average molecular weight is 117 g/mol. The zero-order valence-corrected chi connectivity index (χ0v) is 4.22. The molecule has 1 aliphatic heterocycles. The lowest BCUT2D eigenvalue weighted by Gasteiger charge is -2.08. The van der Waals surface area contributed by atoms with Crippen LogP contribution < -0.4 is 11.0 Å². The summed E-state index contributed by atoms with van der Waals surface area (Å²) in [7, 11) is 0. The number of nitrogens with zero attached hydrogens (tertiary/aromatic N) is 1. The van der Waals surface area contributed by atoms with E-state index in [-0.39, 0.29) is 5.91 Å². The lowest BCUT2D eigenvalue weighted by Crippen LogP contribution is -2.42. The van der Waals surface area contributed by atoms with E-state index < -0.39 is 0 Å². The van der Waals surface area contributed by atoms with Crippen molar-refractivity contribution in [3.63, 3.8) is 0 Å². The van der Waals surface area contributed by atoms with Crippen molar-refractivity contribution in [1.82, 2.24) is 16.1 Å². The third-order valence-corrected chi connectivity index (χ3v) is 0.943. The normalized spacial score (nSPS) is 21.4. The van der Waals surface area contributed by atoms with Gasteiger partial charge in [0.25, 0.3) is 0 Å². The van der Waals surface area contributed by atoms with Crippen LogP contribution in [0.2, 0.25) is 0 Å². The van der Waals surface area contributed by atoms with Crippen molar-refractivity contribution in [2.75, 3.05) is 6.54 Å². The molecule has 0 aromatic rings. The van der Waals surface area contributed by atoms with Gasteiger partial charge in [0.1, 0.15) is 0 Å². The summed E-state index contributed by atoms with van der Waals surface area (Å²) < 4.78 is 0. The van der Waals surface area contributed by atoms with Crippen LogP contribution in [0.5, 0.6) is 0 Å². The smallest absolute Gasteiger partial charge is 0.236 e. The van der Waals surface area contributed by atoms with Crippen molar-refractivity contribution < 1.29 is 10.0 Å². The molecule has 0 unspecified atom stereocenters. The molecule has 0 aromatic carbocycles. The van der Waals surface area contributed by atoms with Crippen molar-refractivity contribution in [2.24, 2.45) is 0 Å². The summed E-state index contributed by atoms with van der Waals surface area (Å²) >= 11 is 0. The first-order valence-corrected chi connectivity index (χ1v) is 2.29. The molecule has 0 spiro atoms. The molecule has 0 bridgehead atoms. The fraction of sp³-hybridized carbons (Fsp3) is 0.667. The van der Waals surface area contributed by atoms with Crippen molar-refractivity contribution in [1.29, 1.82) is 0 Å². The molecule has 0 aliphatic carbocycles. The molecule has 1 rings (SSSR count). The zero-order chi connectivity index (χ0) is 5.98. The van der Waals surface area contributed by atoms with Crippen molar-refractivity contribution in [2.45, 2.75) is 6.42 Å². The van der Waals surface area contributed by atoms with Gasteiger partial charge in [0.15, 0.2) is 0 Å². The Morgan fingerprint density at radius 1 is 1.88 bits per heavy atom. The molecule has 3 N–H and O–H groups in total. The number of nitrogens with one attached hydrogen (secondary N) is 2. The van der Waals surface area contributed by atoms with Crippen LogP contribution in [-0.2, 0) is 4.79 Å². The number of hydrogen-bond donors (Lipinski definition) is 3. The van der Waals surface area contributed by atoms with E-state index >= 15 is 0 Å². The predicted octanol–water partition coefficient (Wildman–Crippen LogP) is -1.38. The first-order chi connectivity index (χ1) is 3.83. The molecule has 5 heteroatoms. The average Bonchev–Trinajstić information content (AvgIpc) is 2.14. The van der Waals surface area contributed by atoms with Gasteiger partial charge in [-0.1, -0.05) is 0 Å². The minimum Gasteiger partial charge on any atom is -0.300 e. The molecule has 46 valence electrons. The highest BCUT2D eigenvalue weighted by atomic mass is 16.5. The Kier molecular flexibility index (Phi) is 1.43. The standard InChI is InChI=1S/C3H7N3O2/c7-3-1-2-6(4-3)5-8/h5,8H,1-2H2,(H,4,7). The van der Waals surface area contributed by atoms with Gasteiger partial charge < -0.3 is 5.21 Å². The Morgan fingerprint density at radius 3 is 2.88 bits per heavy atom. The summed E-state index contributed by atoms with van der Waals surface area (Å²) in [5, 5.41) is 9.36. The van der Waals surface area contributed by atoms with Crippen molar-refractivity contribution >= 4 is 5.91 Å². The lowest BCUT2D eigenvalue weighted by atomic mass is 10.5. The van der Waals surface area contributed by atoms with Crippen LogP contribution in [0.1, 0.15) is 6.42 Å². The first-order valence-electron chi connectivity index (χ1n) is 2.29. The van der Waals surface area contributed by atoms with E-state index in [0.29, 0.717) is 13.0 Å². The number of carbonyl (C=O) groups excluding carboxylic acids is 1. The van der Waals surface area contributed by atoms with E-state index in [1.807, 2.05) is 0 Å². The molecule has 8 heavy (non-hydrogen) atoms. The first kappa shape index (κ1) is 5.49. The summed E-state index contributed by atoms with van der Waals surface area (Å²) in [6, 6.07) is 0. The SMILES string of the molecule is O=C1CCN(NO)N1. The molecule has 0 atom stereocenters. The van der Waals surface area contributed by atoms with Gasteiger partial charge in [-0.3, -0.25) is 10.2 Å². The molecule has 5 nitrogen and oxygen atoms in total. The Bertz CT molecular complexity index is 105. The fourth-order valence-electron chi connectivity index (χ4n) is 0.551. The van der Waals surface area contributed by atoms with E-state index in [0.717, 1.165) is 0 Å². The highest BCUT2D eigenvalue weighted by Gasteiger charge is 2.16. The number of hydrogen-bond acceptors (Lipinski definition) is 4. The molecule has 0 saturated carbocycles. The molecule has 1 amide bonds. The fourth-order valence-corrected chi connectivity index (χ4v) is 0.551. The summed E-state index contributed by atoms with van der Waals surface area (Å²) in [5.41, 5.74) is 4.13. The maximum absolute atomic E-state index is 10.3. The van der Waals surface area contributed by atoms with Gasteiger partial charge in [-0.25, -0.2) is 0 Å². The van der Waals surface area contributed by atoms with Crippen LogP contribution in [-0.4, -0.2) is 22.8 Å². The number of amides is 1. The van der Waals surface area contributed by atoms with E-state index in [4.69, 9.17) is 5.21 Å². The third-order valence-electron chi connectivity index (χ3n) is 0.943. The predicted molar refractivity (Wildman–Crippen MR) is 24.4 cm³/mol. The maximum Gasteiger partial charge on any atom is 0.236 e. The molecule has 0 radical (unpaired) electrons. The quantitative estimate of drug-likeness (QED) is 0.370. The number of rotatable bonds is 1. The van der Waals surface area contributed by atoms with Gasteiger partial charge in [0.05, 0.1) is 0 Å². The van der Waals surface area contributed by atoms with Crippen LogP contribution in [0.3, 0.4) is 0 Å². The van der Waals surface area contributed by atoms with Gasteiger partial charge in [-0.15, -0.1) is 10.7 Å². The maximum atomic E-state index is 10.3. The van der Waals surface area contributed by atoms with Crippen LogP contribution in [0.15, 0.2) is 0 Å².